The van der Waals surface area contributed by atoms with E-state index in [0.717, 1.165) is 15.4 Å². The number of nitrogens with zero attached hydrogens (tertiary/aromatic N) is 2. The van der Waals surface area contributed by atoms with Crippen LogP contribution in [-0.2, 0) is 26.1 Å². The molecule has 46 heavy (non-hydrogen) atoms. The summed E-state index contributed by atoms with van der Waals surface area (Å²) in [5.41, 5.74) is 8.76. The van der Waals surface area contributed by atoms with E-state index in [4.69, 9.17) is 15.9 Å². The number of carbonyl (C=O) groups excluding carboxylic acids is 2. The lowest BCUT2D eigenvalue weighted by atomic mass is 10.0. The number of halogens is 1. The Morgan fingerprint density at radius 3 is 2.37 bits per heavy atom. The van der Waals surface area contributed by atoms with Gasteiger partial charge in [-0.05, 0) is 66.1 Å². The number of nitrogens with one attached hydrogen (secondary N) is 2. The fraction of sp³-hybridized carbons (Fsp3) is 0.152. The second-order valence-corrected chi connectivity index (χ2v) is 12.0. The quantitative estimate of drug-likeness (QED) is 0.113. The molecule has 0 saturated carbocycles. The van der Waals surface area contributed by atoms with Crippen molar-refractivity contribution in [3.8, 4) is 0 Å². The first-order valence-corrected chi connectivity index (χ1v) is 15.3. The number of aromatic nitrogens is 1. The van der Waals surface area contributed by atoms with E-state index in [9.17, 15) is 18.0 Å². The lowest BCUT2D eigenvalue weighted by Gasteiger charge is -2.24. The zero-order valence-electron chi connectivity index (χ0n) is 25.1. The van der Waals surface area contributed by atoms with Crippen molar-refractivity contribution >= 4 is 67.5 Å². The summed E-state index contributed by atoms with van der Waals surface area (Å²) in [5.74, 6) is -1.05. The Labute approximate surface area is 272 Å². The predicted octanol–water partition coefficient (Wildman–Crippen LogP) is 4.27. The van der Waals surface area contributed by atoms with Crippen molar-refractivity contribution in [2.24, 2.45) is 5.73 Å². The van der Waals surface area contributed by atoms with Gasteiger partial charge < -0.3 is 21.3 Å². The van der Waals surface area contributed by atoms with Crippen LogP contribution >= 0.6 is 12.4 Å². The Kier molecular flexibility index (Phi) is 11.4. The molecule has 0 aliphatic carbocycles. The van der Waals surface area contributed by atoms with Gasteiger partial charge in [0.1, 0.15) is 17.3 Å². The minimum absolute atomic E-state index is 0. The van der Waals surface area contributed by atoms with Gasteiger partial charge in [-0.25, -0.2) is 8.42 Å². The van der Waals surface area contributed by atoms with Crippen LogP contribution in [0.4, 0.5) is 5.69 Å². The first kappa shape index (κ1) is 35.4. The van der Waals surface area contributed by atoms with E-state index < -0.39 is 22.5 Å². The van der Waals surface area contributed by atoms with Crippen molar-refractivity contribution < 1.29 is 28.2 Å². The molecular weight excluding hydrogens is 630 g/mol. The highest BCUT2D eigenvalue weighted by atomic mass is 35.5. The normalized spacial score (nSPS) is 10.8. The molecule has 6 N–H and O–H groups in total. The number of para-hydroxylation sites is 1. The van der Waals surface area contributed by atoms with Gasteiger partial charge in [0.05, 0.1) is 17.8 Å². The standard InChI is InChI=1S/C33H31N5O5S.ClH.H2O/c1-3-43-30(39)20-38(44(41,42)29-9-5-7-25-16-21(2)18-36-31(25)29)26-14-15-27-24(17-26)6-4-8-28(27)33(40)37-19-22-10-12-23(13-11-22)32(34)35;;/h4-18H,3,19-20H2,1-2H3,(H3,34,35)(H,37,40);1H;1H2. The van der Waals surface area contributed by atoms with Gasteiger partial charge in [-0.15, -0.1) is 12.4 Å². The van der Waals surface area contributed by atoms with Gasteiger partial charge in [0.15, 0.2) is 0 Å². The molecule has 240 valence electrons. The largest absolute Gasteiger partial charge is 0.465 e. The highest BCUT2D eigenvalue weighted by Gasteiger charge is 2.30. The summed E-state index contributed by atoms with van der Waals surface area (Å²) in [6.07, 6.45) is 1.60. The average Bonchev–Trinajstić information content (AvgIpc) is 3.01. The second-order valence-electron chi connectivity index (χ2n) is 10.2. The van der Waals surface area contributed by atoms with Gasteiger partial charge >= 0.3 is 5.97 Å². The molecule has 13 heteroatoms. The molecule has 5 aromatic rings. The number of esters is 1. The smallest absolute Gasteiger partial charge is 0.326 e. The molecule has 0 saturated heterocycles. The molecular formula is C33H34ClN5O6S. The number of amides is 1. The third-order valence-electron chi connectivity index (χ3n) is 7.07. The van der Waals surface area contributed by atoms with Crippen molar-refractivity contribution in [3.63, 3.8) is 0 Å². The Balaban J connectivity index is 0.00000288. The van der Waals surface area contributed by atoms with Crippen LogP contribution in [0.15, 0.2) is 96.0 Å². The topological polar surface area (TPSA) is 187 Å². The second kappa shape index (κ2) is 14.8. The van der Waals surface area contributed by atoms with Gasteiger partial charge in [-0.3, -0.25) is 24.3 Å². The molecule has 1 aromatic heterocycles. The molecule has 1 amide bonds. The van der Waals surface area contributed by atoms with Crippen LogP contribution < -0.4 is 15.4 Å². The highest BCUT2D eigenvalue weighted by Crippen LogP contribution is 2.31. The van der Waals surface area contributed by atoms with E-state index in [1.54, 1.807) is 85.9 Å². The number of benzene rings is 4. The summed E-state index contributed by atoms with van der Waals surface area (Å²) in [5, 5.41) is 12.3. The maximum atomic E-state index is 14.2. The number of ether oxygens (including phenoxy) is 1. The number of nitrogen functional groups attached to an aromatic ring is 1. The third kappa shape index (κ3) is 7.42. The third-order valence-corrected chi connectivity index (χ3v) is 8.88. The molecule has 11 nitrogen and oxygen atoms in total. The van der Waals surface area contributed by atoms with Gasteiger partial charge in [0, 0.05) is 29.3 Å². The van der Waals surface area contributed by atoms with Gasteiger partial charge in [-0.2, -0.15) is 0 Å². The number of sulfonamides is 1. The molecule has 4 aromatic carbocycles. The zero-order chi connectivity index (χ0) is 31.4. The molecule has 0 spiro atoms. The fourth-order valence-corrected chi connectivity index (χ4v) is 6.48. The van der Waals surface area contributed by atoms with E-state index in [1.807, 2.05) is 13.0 Å². The minimum atomic E-state index is -4.28. The van der Waals surface area contributed by atoms with Crippen LogP contribution in [0, 0.1) is 12.3 Å². The van der Waals surface area contributed by atoms with Crippen molar-refractivity contribution in [1.29, 1.82) is 5.41 Å². The summed E-state index contributed by atoms with van der Waals surface area (Å²) in [4.78, 5) is 30.2. The number of nitrogens with two attached hydrogens (primary N) is 1. The van der Waals surface area contributed by atoms with Crippen LogP contribution in [0.5, 0.6) is 0 Å². The molecule has 0 aliphatic heterocycles. The van der Waals surface area contributed by atoms with Crippen LogP contribution in [0.2, 0.25) is 0 Å². The minimum Gasteiger partial charge on any atom is -0.465 e. The van der Waals surface area contributed by atoms with E-state index >= 15 is 0 Å². The number of aryl methyl sites for hydroxylation is 1. The first-order chi connectivity index (χ1) is 21.1. The van der Waals surface area contributed by atoms with E-state index in [2.05, 4.69) is 10.3 Å². The number of hydrogen-bond donors (Lipinski definition) is 3. The van der Waals surface area contributed by atoms with Crippen LogP contribution in [-0.4, -0.2) is 49.7 Å². The lowest BCUT2D eigenvalue weighted by molar-refractivity contribution is -0.141. The Morgan fingerprint density at radius 2 is 1.67 bits per heavy atom. The number of amidine groups is 1. The Bertz CT molecular complexity index is 2020. The summed E-state index contributed by atoms with van der Waals surface area (Å²) in [6.45, 7) is 3.33. The Hall–Kier alpha value is -5.04. The molecule has 0 unspecified atom stereocenters. The SMILES string of the molecule is CCOC(=O)CN(c1ccc2c(C(=O)NCc3ccc(C(=N)N)cc3)cccc2c1)S(=O)(=O)c1cccc2cc(C)cnc12.Cl.O. The highest BCUT2D eigenvalue weighted by molar-refractivity contribution is 7.93. The van der Waals surface area contributed by atoms with Gasteiger partial charge in [0.2, 0.25) is 0 Å². The number of anilines is 1. The fourth-order valence-electron chi connectivity index (χ4n) is 4.91. The molecule has 0 radical (unpaired) electrons. The summed E-state index contributed by atoms with van der Waals surface area (Å²) < 4.78 is 34.4. The van der Waals surface area contributed by atoms with Crippen LogP contribution in [0.3, 0.4) is 0 Å². The first-order valence-electron chi connectivity index (χ1n) is 13.9. The Morgan fingerprint density at radius 1 is 0.978 bits per heavy atom. The number of pyridine rings is 1. The predicted molar refractivity (Wildman–Crippen MR) is 181 cm³/mol. The molecule has 0 atom stereocenters. The molecule has 0 aliphatic rings. The van der Waals surface area contributed by atoms with Crippen molar-refractivity contribution in [1.82, 2.24) is 10.3 Å². The number of rotatable bonds is 10. The molecule has 1 heterocycles. The van der Waals surface area contributed by atoms with Crippen molar-refractivity contribution in [3.05, 3.63) is 113 Å². The molecule has 5 rings (SSSR count). The van der Waals surface area contributed by atoms with E-state index in [-0.39, 0.29) is 53.4 Å². The summed E-state index contributed by atoms with van der Waals surface area (Å²) in [6, 6.07) is 23.8. The number of fused-ring (bicyclic) bond motifs is 2. The van der Waals surface area contributed by atoms with E-state index in [0.29, 0.717) is 32.8 Å². The lowest BCUT2D eigenvalue weighted by Crippen LogP contribution is -2.36. The van der Waals surface area contributed by atoms with E-state index in [1.165, 1.54) is 6.07 Å². The van der Waals surface area contributed by atoms with Crippen LogP contribution in [0.25, 0.3) is 21.7 Å². The molecule has 0 fully saturated rings. The summed E-state index contributed by atoms with van der Waals surface area (Å²) >= 11 is 0. The summed E-state index contributed by atoms with van der Waals surface area (Å²) in [7, 11) is -4.28. The monoisotopic (exact) mass is 663 g/mol. The zero-order valence-corrected chi connectivity index (χ0v) is 26.7. The maximum Gasteiger partial charge on any atom is 0.326 e. The van der Waals surface area contributed by atoms with Gasteiger partial charge in [0.25, 0.3) is 15.9 Å². The maximum absolute atomic E-state index is 14.2. The van der Waals surface area contributed by atoms with Gasteiger partial charge in [-0.1, -0.05) is 54.6 Å². The number of carbonyl (C=O) groups is 2. The van der Waals surface area contributed by atoms with Crippen LogP contribution in [0.1, 0.15) is 34.0 Å². The number of hydrogen-bond acceptors (Lipinski definition) is 7. The molecule has 0 bridgehead atoms. The average molecular weight is 664 g/mol. The van der Waals surface area contributed by atoms with Crippen molar-refractivity contribution in [2.75, 3.05) is 17.5 Å². The van der Waals surface area contributed by atoms with Crippen molar-refractivity contribution in [2.45, 2.75) is 25.3 Å².